The van der Waals surface area contributed by atoms with Gasteiger partial charge < -0.3 is 54.5 Å². The fourth-order valence-electron chi connectivity index (χ4n) is 1.64. The van der Waals surface area contributed by atoms with Crippen molar-refractivity contribution in [2.24, 2.45) is 24.3 Å². The van der Waals surface area contributed by atoms with Crippen molar-refractivity contribution in [3.05, 3.63) is 36.7 Å². The van der Waals surface area contributed by atoms with Crippen LogP contribution in [-0.2, 0) is 33.6 Å². The number of hydrogen-bond acceptors (Lipinski definition) is 3. The molecule has 0 saturated carbocycles. The second-order valence-electron chi connectivity index (χ2n) is 4.43. The van der Waals surface area contributed by atoms with Crippen molar-refractivity contribution in [1.82, 2.24) is 4.57 Å². The number of rotatable bonds is 3. The molecule has 2 aromatic rings. The largest absolute Gasteiger partial charge is 2.00 e. The van der Waals surface area contributed by atoms with Crippen molar-refractivity contribution >= 4 is 17.3 Å². The van der Waals surface area contributed by atoms with Gasteiger partial charge in [0.15, 0.2) is 0 Å². The molecule has 126 valence electrons. The summed E-state index contributed by atoms with van der Waals surface area (Å²) in [6, 6.07) is 7.97. The van der Waals surface area contributed by atoms with E-state index in [0.29, 0.717) is 0 Å². The molecule has 2 rings (SSSR count). The molecule has 23 heavy (non-hydrogen) atoms. The van der Waals surface area contributed by atoms with Gasteiger partial charge in [0.05, 0.1) is 26.5 Å². The average molecular weight is 452 g/mol. The third kappa shape index (κ3) is 8.32. The summed E-state index contributed by atoms with van der Waals surface area (Å²) in [7, 11) is 7.92. The molecule has 1 heterocycles. The molecule has 0 spiro atoms. The minimum Gasteiger partial charge on any atom is -1.00 e. The van der Waals surface area contributed by atoms with Crippen LogP contribution in [0.1, 0.15) is 0 Å². The second kappa shape index (κ2) is 14.0. The van der Waals surface area contributed by atoms with Gasteiger partial charge in [-0.3, -0.25) is 0 Å². The van der Waals surface area contributed by atoms with Crippen LogP contribution in [-0.4, -0.2) is 18.7 Å². The van der Waals surface area contributed by atoms with E-state index in [0.717, 1.165) is 17.3 Å². The van der Waals surface area contributed by atoms with Crippen LogP contribution in [0.4, 0.5) is 17.3 Å². The van der Waals surface area contributed by atoms with Gasteiger partial charge in [0.1, 0.15) is 5.69 Å². The minimum atomic E-state index is 0. The van der Waals surface area contributed by atoms with E-state index < -0.39 is 0 Å². The van der Waals surface area contributed by atoms with Crippen LogP contribution in [0.3, 0.4) is 0 Å². The number of aromatic nitrogens is 2. The van der Waals surface area contributed by atoms with Gasteiger partial charge in [0, 0.05) is 24.9 Å². The van der Waals surface area contributed by atoms with Crippen molar-refractivity contribution < 1.29 is 73.7 Å². The second-order valence-corrected chi connectivity index (χ2v) is 4.43. The monoisotopic (exact) mass is 448 g/mol. The quantitative estimate of drug-likeness (QED) is 0.260. The van der Waals surface area contributed by atoms with Crippen LogP contribution in [0.5, 0.6) is 0 Å². The number of azo groups is 1. The van der Waals surface area contributed by atoms with Gasteiger partial charge in [0.2, 0.25) is 0 Å². The van der Waals surface area contributed by atoms with E-state index in [4.69, 9.17) is 0 Å². The first-order valence-corrected chi connectivity index (χ1v) is 5.78. The van der Waals surface area contributed by atoms with Gasteiger partial charge in [-0.25, -0.2) is 9.13 Å². The van der Waals surface area contributed by atoms with Gasteiger partial charge >= 0.3 is 25.4 Å². The van der Waals surface area contributed by atoms with E-state index in [2.05, 4.69) is 15.1 Å². The molecule has 10 heteroatoms. The molecular weight excluding hydrogens is 433 g/mol. The van der Waals surface area contributed by atoms with E-state index in [1.165, 1.54) is 0 Å². The zero-order valence-corrected chi connectivity index (χ0v) is 19.4. The van der Waals surface area contributed by atoms with Crippen molar-refractivity contribution in [3.8, 4) is 0 Å². The van der Waals surface area contributed by atoms with Gasteiger partial charge in [0.25, 0.3) is 0 Å². The first-order valence-electron chi connectivity index (χ1n) is 5.78. The van der Waals surface area contributed by atoms with E-state index in [9.17, 15) is 0 Å². The van der Waals surface area contributed by atoms with Crippen molar-refractivity contribution in [2.45, 2.75) is 0 Å². The summed E-state index contributed by atoms with van der Waals surface area (Å²) in [4.78, 5) is 2.05. The van der Waals surface area contributed by atoms with Crippen molar-refractivity contribution in [3.63, 3.8) is 0 Å². The topological polar surface area (TPSA) is 36.8 Å². The van der Waals surface area contributed by atoms with Crippen LogP contribution in [0.2, 0.25) is 0 Å². The maximum Gasteiger partial charge on any atom is 2.00 e. The first kappa shape index (κ1) is 30.5. The smallest absolute Gasteiger partial charge is 1.00 e. The zero-order valence-electron chi connectivity index (χ0n) is 13.4. The fraction of sp³-hybridized carbons (Fsp3) is 0.308. The number of halogens is 4. The number of nitrogens with zero attached hydrogens (tertiary/aromatic N) is 5. The molecule has 0 radical (unpaired) electrons. The van der Waals surface area contributed by atoms with E-state index in [-0.39, 0.29) is 69.1 Å². The predicted molar refractivity (Wildman–Crippen MR) is 71.5 cm³/mol. The Morgan fingerprint density at radius 1 is 0.957 bits per heavy atom. The zero-order chi connectivity index (χ0) is 13.1. The standard InChI is InChI=1S/C13H18N5.4ClH.Zn/c1-16(2)12-7-5-11(6-8-12)14-15-13-17(3)9-10-18(13)4;;;;;/h5-10H,1-4H3;4*1H;/q+1;;;;;+2/p-4. The van der Waals surface area contributed by atoms with Crippen LogP contribution in [0.15, 0.2) is 46.9 Å². The summed E-state index contributed by atoms with van der Waals surface area (Å²) in [6.07, 6.45) is 3.90. The minimum absolute atomic E-state index is 0. The van der Waals surface area contributed by atoms with E-state index in [1.807, 2.05) is 74.0 Å². The summed E-state index contributed by atoms with van der Waals surface area (Å²) in [5, 5.41) is 8.48. The van der Waals surface area contributed by atoms with Gasteiger partial charge in [-0.15, -0.1) is 0 Å². The molecule has 0 unspecified atom stereocenters. The Bertz CT molecular complexity index is 553. The third-order valence-corrected chi connectivity index (χ3v) is 2.77. The first-order chi connectivity index (χ1) is 8.58. The van der Waals surface area contributed by atoms with Gasteiger partial charge in [-0.2, -0.15) is 0 Å². The van der Waals surface area contributed by atoms with Gasteiger partial charge in [-0.1, -0.05) is 5.11 Å². The summed E-state index contributed by atoms with van der Waals surface area (Å²) in [5.41, 5.74) is 2.00. The van der Waals surface area contributed by atoms with E-state index >= 15 is 0 Å². The Morgan fingerprint density at radius 2 is 1.48 bits per heavy atom. The Morgan fingerprint density at radius 3 is 1.87 bits per heavy atom. The molecule has 0 atom stereocenters. The molecule has 1 aromatic heterocycles. The molecule has 0 amide bonds. The predicted octanol–water partition coefficient (Wildman–Crippen LogP) is -9.66. The number of imidazole rings is 1. The Balaban J connectivity index is -0.000000361. The molecule has 0 fully saturated rings. The van der Waals surface area contributed by atoms with Gasteiger partial charge in [-0.05, 0) is 24.3 Å². The maximum absolute atomic E-state index is 4.25. The summed E-state index contributed by atoms with van der Waals surface area (Å²) < 4.78 is 3.86. The molecule has 0 N–H and O–H groups in total. The molecule has 0 bridgehead atoms. The normalized spacial score (nSPS) is 8.70. The molecule has 0 aliphatic rings. The summed E-state index contributed by atoms with van der Waals surface area (Å²) in [6.45, 7) is 0. The molecule has 0 aliphatic carbocycles. The number of aryl methyl sites for hydroxylation is 2. The fourth-order valence-corrected chi connectivity index (χ4v) is 1.64. The number of anilines is 1. The summed E-state index contributed by atoms with van der Waals surface area (Å²) in [5.74, 6) is 0.812. The third-order valence-electron chi connectivity index (χ3n) is 2.77. The summed E-state index contributed by atoms with van der Waals surface area (Å²) >= 11 is 0. The van der Waals surface area contributed by atoms with Crippen LogP contribution < -0.4 is 59.1 Å². The average Bonchev–Trinajstić information content (AvgIpc) is 2.67. The molecular formula is C13H18Cl4N5Zn-. The number of benzene rings is 1. The van der Waals surface area contributed by atoms with E-state index in [1.54, 1.807) is 0 Å². The van der Waals surface area contributed by atoms with Crippen molar-refractivity contribution in [2.75, 3.05) is 19.0 Å². The molecule has 0 saturated heterocycles. The Labute approximate surface area is 174 Å². The van der Waals surface area contributed by atoms with Crippen molar-refractivity contribution in [1.29, 1.82) is 0 Å². The van der Waals surface area contributed by atoms with Crippen LogP contribution in [0, 0.1) is 0 Å². The Kier molecular flexibility index (Phi) is 18.6. The number of hydrogen-bond donors (Lipinski definition) is 0. The molecule has 0 aliphatic heterocycles. The van der Waals surface area contributed by atoms with Crippen LogP contribution >= 0.6 is 0 Å². The molecule has 5 nitrogen and oxygen atoms in total. The maximum atomic E-state index is 4.25. The SMILES string of the molecule is CN(C)c1ccc(N=Nc2n(C)cc[n+]2C)cc1.[Cl-].[Cl-].[Cl-].[Cl-].[Zn+2]. The van der Waals surface area contributed by atoms with Crippen LogP contribution in [0.25, 0.3) is 0 Å². The Hall–Kier alpha value is -0.387. The molecule has 1 aromatic carbocycles.